The topological polar surface area (TPSA) is 458 Å². The van der Waals surface area contributed by atoms with Gasteiger partial charge in [0.05, 0.1) is 25.4 Å². The van der Waals surface area contributed by atoms with Gasteiger partial charge in [-0.05, 0) is 18.6 Å². The second kappa shape index (κ2) is 25.6. The molecule has 366 valence electrons. The number of hydrogen-bond donors (Lipinski definition) is 19. The number of aliphatic hydroxyl groups is 19. The third-order valence-electron chi connectivity index (χ3n) is 9.84. The van der Waals surface area contributed by atoms with Gasteiger partial charge in [-0.3, -0.25) is 0 Å². The number of rotatable bonds is 9. The first-order chi connectivity index (χ1) is 29.8. The number of fused-ring (bicyclic) bond motifs is 2. The van der Waals surface area contributed by atoms with Gasteiger partial charge in [0.1, 0.15) is 72.6 Å². The van der Waals surface area contributed by atoms with Gasteiger partial charge < -0.3 is 135 Å². The lowest BCUT2D eigenvalue weighted by atomic mass is 9.96. The van der Waals surface area contributed by atoms with Crippen molar-refractivity contribution in [3.8, 4) is 0 Å². The van der Waals surface area contributed by atoms with Gasteiger partial charge in [0, 0.05) is 39.1 Å². The monoisotopic (exact) mass is 924 g/mol. The molecule has 0 amide bonds. The van der Waals surface area contributed by atoms with Crippen LogP contribution >= 0.6 is 0 Å². The molecule has 7 unspecified atom stereocenters. The van der Waals surface area contributed by atoms with E-state index in [1.54, 1.807) is 0 Å². The zero-order valence-corrected chi connectivity index (χ0v) is 33.7. The van der Waals surface area contributed by atoms with E-state index in [2.05, 4.69) is 0 Å². The predicted octanol–water partition coefficient (Wildman–Crippen LogP) is -5.44. The normalized spacial score (nSPS) is 44.3. The minimum absolute atomic E-state index is 0.142. The molecule has 19 N–H and O–H groups in total. The molecule has 0 aromatic heterocycles. The van der Waals surface area contributed by atoms with Crippen molar-refractivity contribution in [1.29, 1.82) is 0 Å². The maximum absolute atomic E-state index is 11.1. The van der Waals surface area contributed by atoms with Gasteiger partial charge in [-0.2, -0.15) is 0 Å². The Bertz CT molecular complexity index is 1510. The van der Waals surface area contributed by atoms with Crippen molar-refractivity contribution >= 4 is 0 Å². The van der Waals surface area contributed by atoms with Crippen LogP contribution in [0.15, 0.2) is 46.7 Å². The van der Waals surface area contributed by atoms with Crippen molar-refractivity contribution in [3.05, 3.63) is 46.7 Å². The van der Waals surface area contributed by atoms with Crippen LogP contribution in [0.5, 0.6) is 0 Å². The summed E-state index contributed by atoms with van der Waals surface area (Å²) in [6, 6.07) is 0. The Kier molecular flexibility index (Phi) is 22.0. The van der Waals surface area contributed by atoms with Crippen LogP contribution in [0.25, 0.3) is 0 Å². The standard InChI is InChI=1S/C36H60O27/c1-2-13-9-15(42)32(53)62-29-19(11-40)61-36(28(51)23(29)46)63-30-20(12-41)60-35(27(50)24(30)47)57-14(3-6-37)10-16(43)31(52)58-17(4-7-38)21(44)26(49)34(55)59-18(5-8-39)22(45)25(48)33(54)56-13/h9-10,13-14,17-20,23-24,27-55H,2-8,11-12H2,1H3/b15-9+,16-10+,25-22-,26-21-/t13?,14-,17-,18-,19?,20?,23?,24?,27?,28?,29-,30-,31-,32-,33-,34-,35+,36-/m1/s1. The quantitative estimate of drug-likeness (QED) is 0.103. The fourth-order valence-electron chi connectivity index (χ4n) is 6.36. The molecule has 27 nitrogen and oxygen atoms in total. The molecule has 63 heavy (non-hydrogen) atoms. The first-order valence-corrected chi connectivity index (χ1v) is 19.6. The third kappa shape index (κ3) is 14.2. The molecule has 27 heteroatoms. The van der Waals surface area contributed by atoms with Crippen molar-refractivity contribution < 1.29 is 135 Å². The second-order valence-corrected chi connectivity index (χ2v) is 14.3. The van der Waals surface area contributed by atoms with Crippen molar-refractivity contribution in [3.63, 3.8) is 0 Å². The molecule has 18 atom stereocenters. The maximum Gasteiger partial charge on any atom is 0.218 e. The second-order valence-electron chi connectivity index (χ2n) is 14.3. The third-order valence-corrected chi connectivity index (χ3v) is 9.84. The lowest BCUT2D eigenvalue weighted by Crippen LogP contribution is -2.65. The minimum Gasteiger partial charge on any atom is -0.507 e. The van der Waals surface area contributed by atoms with Gasteiger partial charge in [0.25, 0.3) is 0 Å². The molecule has 5 rings (SSSR count). The average Bonchev–Trinajstić information content (AvgIpc) is 3.26. The van der Waals surface area contributed by atoms with E-state index >= 15 is 0 Å². The molecule has 0 aromatic rings. The average molecular weight is 925 g/mol. The fraction of sp³-hybridized carbons (Fsp3) is 0.778. The lowest BCUT2D eigenvalue weighted by Gasteiger charge is -2.47. The summed E-state index contributed by atoms with van der Waals surface area (Å²) in [5, 5.41) is 200. The van der Waals surface area contributed by atoms with Crippen molar-refractivity contribution in [2.75, 3.05) is 33.0 Å². The van der Waals surface area contributed by atoms with Gasteiger partial charge >= 0.3 is 0 Å². The molecule has 0 spiro atoms. The minimum atomic E-state index is -2.65. The van der Waals surface area contributed by atoms with Gasteiger partial charge in [-0.1, -0.05) is 6.92 Å². The summed E-state index contributed by atoms with van der Waals surface area (Å²) in [4.78, 5) is 0. The van der Waals surface area contributed by atoms with E-state index in [0.717, 1.165) is 6.08 Å². The molecular weight excluding hydrogens is 864 g/mol. The molecule has 5 aliphatic rings. The van der Waals surface area contributed by atoms with E-state index in [1.807, 2.05) is 0 Å². The van der Waals surface area contributed by atoms with Crippen LogP contribution in [0, 0.1) is 0 Å². The Balaban J connectivity index is 2.09. The first-order valence-electron chi connectivity index (χ1n) is 19.6. The Labute approximate surface area is 358 Å². The Hall–Kier alpha value is -3.08. The predicted molar refractivity (Wildman–Crippen MR) is 200 cm³/mol. The summed E-state index contributed by atoms with van der Waals surface area (Å²) in [5.74, 6) is -7.71. The molecule has 5 aliphatic heterocycles. The molecular formula is C36H60O27. The molecule has 0 saturated carbocycles. The molecule has 4 bridgehead atoms. The summed E-state index contributed by atoms with van der Waals surface area (Å²) >= 11 is 0. The van der Waals surface area contributed by atoms with Gasteiger partial charge in [-0.25, -0.2) is 0 Å². The van der Waals surface area contributed by atoms with E-state index < -0.39 is 198 Å². The van der Waals surface area contributed by atoms with Crippen LogP contribution in [0.4, 0.5) is 0 Å². The largest absolute Gasteiger partial charge is 0.507 e. The molecule has 0 radical (unpaired) electrons. The van der Waals surface area contributed by atoms with E-state index in [9.17, 15) is 97.0 Å². The highest BCUT2D eigenvalue weighted by atomic mass is 16.8. The highest BCUT2D eigenvalue weighted by Gasteiger charge is 2.52. The summed E-state index contributed by atoms with van der Waals surface area (Å²) < 4.78 is 43.1. The molecule has 0 aliphatic carbocycles. The SMILES string of the molecule is CCC1/C=C(/O)[C@H](O)O[C@@H]2C(CO)O[C@H](O[C@@H]3C(CO)O[C@H](O[C@H](CCO)/C=C(/O)[C@H](O)O[C@H](CCO)/C(O)=C(/O)[C@H](O)O[C@H](CCO)/C(O)=C(/O)[C@H](O)O1)C(O)C3O)C(O)C2O. The molecule has 2 fully saturated rings. The number of hydrogen-bond acceptors (Lipinski definition) is 27. The van der Waals surface area contributed by atoms with Gasteiger partial charge in [0.15, 0.2) is 35.6 Å². The highest BCUT2D eigenvalue weighted by molar-refractivity contribution is 5.12. The van der Waals surface area contributed by atoms with Gasteiger partial charge in [0.2, 0.25) is 25.2 Å². The number of aliphatic hydroxyl groups excluding tert-OH is 19. The van der Waals surface area contributed by atoms with Crippen LogP contribution < -0.4 is 0 Å². The summed E-state index contributed by atoms with van der Waals surface area (Å²) in [5.41, 5.74) is 0. The zero-order chi connectivity index (χ0) is 47.3. The van der Waals surface area contributed by atoms with Crippen molar-refractivity contribution in [1.82, 2.24) is 0 Å². The van der Waals surface area contributed by atoms with E-state index in [1.165, 1.54) is 6.92 Å². The van der Waals surface area contributed by atoms with Crippen LogP contribution in [-0.4, -0.2) is 241 Å². The zero-order valence-electron chi connectivity index (χ0n) is 33.7. The Morgan fingerprint density at radius 2 is 0.810 bits per heavy atom. The maximum atomic E-state index is 11.1. The van der Waals surface area contributed by atoms with Crippen LogP contribution in [0.1, 0.15) is 32.6 Å². The molecule has 2 saturated heterocycles. The summed E-state index contributed by atoms with van der Waals surface area (Å²) in [6.07, 6.45) is -36.5. The van der Waals surface area contributed by atoms with Crippen LogP contribution in [-0.2, 0) is 37.9 Å². The summed E-state index contributed by atoms with van der Waals surface area (Å²) in [7, 11) is 0. The molecule has 5 heterocycles. The fourth-order valence-corrected chi connectivity index (χ4v) is 6.36. The van der Waals surface area contributed by atoms with Crippen molar-refractivity contribution in [2.24, 2.45) is 0 Å². The van der Waals surface area contributed by atoms with Crippen LogP contribution in [0.2, 0.25) is 0 Å². The smallest absolute Gasteiger partial charge is 0.218 e. The lowest BCUT2D eigenvalue weighted by molar-refractivity contribution is -0.367. The Morgan fingerprint density at radius 3 is 1.25 bits per heavy atom. The van der Waals surface area contributed by atoms with Crippen molar-refractivity contribution in [2.45, 2.75) is 144 Å². The molecule has 0 aromatic carbocycles. The first kappa shape index (κ1) is 54.3. The van der Waals surface area contributed by atoms with E-state index in [4.69, 9.17) is 37.9 Å². The highest BCUT2D eigenvalue weighted by Crippen LogP contribution is 2.32. The van der Waals surface area contributed by atoms with Crippen LogP contribution in [0.3, 0.4) is 0 Å². The Morgan fingerprint density at radius 1 is 0.413 bits per heavy atom. The number of ether oxygens (including phenoxy) is 8. The van der Waals surface area contributed by atoms with E-state index in [0.29, 0.717) is 6.08 Å². The van der Waals surface area contributed by atoms with E-state index in [-0.39, 0.29) is 6.42 Å². The summed E-state index contributed by atoms with van der Waals surface area (Å²) in [6.45, 7) is -2.88. The van der Waals surface area contributed by atoms with Gasteiger partial charge in [-0.15, -0.1) is 0 Å².